The molecule has 5 nitrogen and oxygen atoms in total. The van der Waals surface area contributed by atoms with E-state index in [0.717, 1.165) is 6.42 Å². The van der Waals surface area contributed by atoms with Crippen molar-refractivity contribution in [2.75, 3.05) is 26.2 Å². The van der Waals surface area contributed by atoms with Crippen molar-refractivity contribution in [1.82, 2.24) is 9.21 Å². The monoisotopic (exact) mass is 406 g/mol. The van der Waals surface area contributed by atoms with Crippen molar-refractivity contribution < 1.29 is 13.2 Å². The van der Waals surface area contributed by atoms with Crippen molar-refractivity contribution in [1.29, 1.82) is 0 Å². The van der Waals surface area contributed by atoms with Crippen LogP contribution in [0.2, 0.25) is 10.0 Å². The molecule has 0 aromatic heterocycles. The van der Waals surface area contributed by atoms with E-state index in [2.05, 4.69) is 0 Å². The highest BCUT2D eigenvalue weighted by molar-refractivity contribution is 7.88. The van der Waals surface area contributed by atoms with E-state index in [0.29, 0.717) is 41.7 Å². The lowest BCUT2D eigenvalue weighted by molar-refractivity contribution is -0.136. The molecule has 1 aliphatic rings. The van der Waals surface area contributed by atoms with Gasteiger partial charge in [0.05, 0.1) is 21.7 Å². The number of carbonyl (C=O) groups is 1. The molecule has 1 aliphatic heterocycles. The number of sulfonamides is 1. The molecule has 1 saturated heterocycles. The van der Waals surface area contributed by atoms with Crippen LogP contribution in [0.3, 0.4) is 0 Å². The third kappa shape index (κ3) is 5.09. The van der Waals surface area contributed by atoms with Crippen LogP contribution < -0.4 is 0 Å². The van der Waals surface area contributed by atoms with Gasteiger partial charge in [-0.15, -0.1) is 0 Å². The molecule has 2 rings (SSSR count). The normalized spacial score (nSPS) is 19.0. The molecule has 0 spiro atoms. The van der Waals surface area contributed by atoms with Gasteiger partial charge in [0.25, 0.3) is 0 Å². The number of halogens is 2. The highest BCUT2D eigenvalue weighted by Crippen LogP contribution is 2.26. The zero-order valence-electron chi connectivity index (χ0n) is 14.5. The maximum atomic E-state index is 12.8. The van der Waals surface area contributed by atoms with E-state index in [9.17, 15) is 13.2 Å². The third-order valence-corrected chi connectivity index (χ3v) is 7.09. The number of hydrogen-bond acceptors (Lipinski definition) is 3. The summed E-state index contributed by atoms with van der Waals surface area (Å²) in [7, 11) is -3.51. The second kappa shape index (κ2) is 8.71. The van der Waals surface area contributed by atoms with E-state index in [1.807, 2.05) is 13.8 Å². The Labute approximate surface area is 159 Å². The summed E-state index contributed by atoms with van der Waals surface area (Å²) >= 11 is 11.8. The summed E-state index contributed by atoms with van der Waals surface area (Å²) in [6.45, 7) is 5.85. The number of hydrogen-bond donors (Lipinski definition) is 0. The largest absolute Gasteiger partial charge is 0.343 e. The average Bonchev–Trinajstić information content (AvgIpc) is 2.59. The summed E-state index contributed by atoms with van der Waals surface area (Å²) in [6, 6.07) is 4.83. The Morgan fingerprint density at radius 1 is 1.24 bits per heavy atom. The van der Waals surface area contributed by atoms with Gasteiger partial charge in [0.15, 0.2) is 0 Å². The van der Waals surface area contributed by atoms with Crippen LogP contribution in [0.15, 0.2) is 18.2 Å². The molecule has 0 radical (unpaired) electrons. The highest BCUT2D eigenvalue weighted by Gasteiger charge is 2.33. The van der Waals surface area contributed by atoms with E-state index >= 15 is 0 Å². The molecule has 0 saturated carbocycles. The van der Waals surface area contributed by atoms with Crippen molar-refractivity contribution in [2.24, 2.45) is 5.92 Å². The standard InChI is InChI=1S/C17H24Cl2N2O3S/c1-3-20(4-2)17(22)14-6-5-9-21(11-14)25(23,24)12-13-7-8-15(18)16(19)10-13/h7-8,10,14H,3-6,9,11-12H2,1-2H3. The zero-order valence-corrected chi connectivity index (χ0v) is 16.9. The van der Waals surface area contributed by atoms with Crippen molar-refractivity contribution in [3.8, 4) is 0 Å². The molecule has 0 bridgehead atoms. The van der Waals surface area contributed by atoms with Gasteiger partial charge in [-0.05, 0) is 44.4 Å². The van der Waals surface area contributed by atoms with Gasteiger partial charge in [-0.3, -0.25) is 4.79 Å². The summed E-state index contributed by atoms with van der Waals surface area (Å²) in [5.41, 5.74) is 0.589. The first kappa shape index (κ1) is 20.5. The minimum absolute atomic E-state index is 0.0411. The minimum Gasteiger partial charge on any atom is -0.343 e. The molecule has 1 aromatic carbocycles. The summed E-state index contributed by atoms with van der Waals surface area (Å²) in [4.78, 5) is 14.3. The van der Waals surface area contributed by atoms with Crippen molar-refractivity contribution in [2.45, 2.75) is 32.4 Å². The maximum absolute atomic E-state index is 12.8. The lowest BCUT2D eigenvalue weighted by Crippen LogP contribution is -2.46. The van der Waals surface area contributed by atoms with Crippen LogP contribution in [0.1, 0.15) is 32.3 Å². The van der Waals surface area contributed by atoms with Crippen LogP contribution in [0.5, 0.6) is 0 Å². The first-order valence-electron chi connectivity index (χ1n) is 8.49. The number of rotatable bonds is 6. The lowest BCUT2D eigenvalue weighted by atomic mass is 9.98. The van der Waals surface area contributed by atoms with Gasteiger partial charge in [-0.2, -0.15) is 0 Å². The maximum Gasteiger partial charge on any atom is 0.226 e. The first-order valence-corrected chi connectivity index (χ1v) is 10.9. The van der Waals surface area contributed by atoms with Gasteiger partial charge in [0, 0.05) is 26.2 Å². The van der Waals surface area contributed by atoms with Crippen molar-refractivity contribution in [3.63, 3.8) is 0 Å². The average molecular weight is 407 g/mol. The van der Waals surface area contributed by atoms with E-state index in [-0.39, 0.29) is 24.1 Å². The smallest absolute Gasteiger partial charge is 0.226 e. The Morgan fingerprint density at radius 3 is 2.52 bits per heavy atom. The zero-order chi connectivity index (χ0) is 18.6. The lowest BCUT2D eigenvalue weighted by Gasteiger charge is -2.33. The molecule has 1 aromatic rings. The number of benzene rings is 1. The summed E-state index contributed by atoms with van der Waals surface area (Å²) in [5.74, 6) is -0.368. The summed E-state index contributed by atoms with van der Waals surface area (Å²) < 4.78 is 26.9. The van der Waals surface area contributed by atoms with Crippen LogP contribution >= 0.6 is 23.2 Å². The van der Waals surface area contributed by atoms with Gasteiger partial charge in [-0.1, -0.05) is 29.3 Å². The Bertz CT molecular complexity index is 721. The SMILES string of the molecule is CCN(CC)C(=O)C1CCCN(S(=O)(=O)Cc2ccc(Cl)c(Cl)c2)C1. The summed E-state index contributed by atoms with van der Waals surface area (Å²) in [5, 5.41) is 0.730. The number of nitrogens with zero attached hydrogens (tertiary/aromatic N) is 2. The molecule has 1 fully saturated rings. The molecule has 1 atom stereocenters. The first-order chi connectivity index (χ1) is 11.8. The third-order valence-electron chi connectivity index (χ3n) is 4.53. The van der Waals surface area contributed by atoms with Crippen LogP contribution in [0.25, 0.3) is 0 Å². The molecule has 1 amide bonds. The molecule has 8 heteroatoms. The van der Waals surface area contributed by atoms with Crippen LogP contribution in [-0.4, -0.2) is 49.7 Å². The van der Waals surface area contributed by atoms with Crippen molar-refractivity contribution in [3.05, 3.63) is 33.8 Å². The Balaban J connectivity index is 2.10. The fourth-order valence-corrected chi connectivity index (χ4v) is 5.04. The van der Waals surface area contributed by atoms with Gasteiger partial charge in [-0.25, -0.2) is 12.7 Å². The minimum atomic E-state index is -3.51. The molecule has 140 valence electrons. The quantitative estimate of drug-likeness (QED) is 0.726. The Kier molecular flexibility index (Phi) is 7.14. The molecule has 1 heterocycles. The molecule has 1 unspecified atom stereocenters. The summed E-state index contributed by atoms with van der Waals surface area (Å²) in [6.07, 6.45) is 1.42. The highest BCUT2D eigenvalue weighted by atomic mass is 35.5. The second-order valence-corrected chi connectivity index (χ2v) is 9.00. The molecule has 0 N–H and O–H groups in total. The van der Waals surface area contributed by atoms with E-state index in [4.69, 9.17) is 23.2 Å². The number of carbonyl (C=O) groups excluding carboxylic acids is 1. The van der Waals surface area contributed by atoms with E-state index in [1.54, 1.807) is 23.1 Å². The predicted molar refractivity (Wildman–Crippen MR) is 101 cm³/mol. The van der Waals surface area contributed by atoms with Crippen molar-refractivity contribution >= 4 is 39.1 Å². The second-order valence-electron chi connectivity index (χ2n) is 6.21. The Morgan fingerprint density at radius 2 is 1.92 bits per heavy atom. The van der Waals surface area contributed by atoms with E-state index in [1.165, 1.54) is 4.31 Å². The number of amides is 1. The fraction of sp³-hybridized carbons (Fsp3) is 0.588. The van der Waals surface area contributed by atoms with Gasteiger partial charge in [0.2, 0.25) is 15.9 Å². The number of piperidine rings is 1. The Hall–Kier alpha value is -0.820. The molecular formula is C17H24Cl2N2O3S. The van der Waals surface area contributed by atoms with Gasteiger partial charge >= 0.3 is 0 Å². The molecular weight excluding hydrogens is 383 g/mol. The van der Waals surface area contributed by atoms with Crippen LogP contribution in [0.4, 0.5) is 0 Å². The van der Waals surface area contributed by atoms with Crippen LogP contribution in [-0.2, 0) is 20.6 Å². The fourth-order valence-electron chi connectivity index (χ4n) is 3.12. The predicted octanol–water partition coefficient (Wildman–Crippen LogP) is 3.40. The molecule has 25 heavy (non-hydrogen) atoms. The molecule has 0 aliphatic carbocycles. The van der Waals surface area contributed by atoms with Gasteiger partial charge < -0.3 is 4.90 Å². The topological polar surface area (TPSA) is 57.7 Å². The van der Waals surface area contributed by atoms with Crippen LogP contribution in [0, 0.1) is 5.92 Å². The van der Waals surface area contributed by atoms with Gasteiger partial charge in [0.1, 0.15) is 0 Å². The van der Waals surface area contributed by atoms with E-state index < -0.39 is 10.0 Å².